The van der Waals surface area contributed by atoms with Gasteiger partial charge in [-0.05, 0) is 29.0 Å². The van der Waals surface area contributed by atoms with Crippen LogP contribution < -0.4 is 5.32 Å². The molecule has 0 saturated heterocycles. The maximum absolute atomic E-state index is 5.57. The quantitative estimate of drug-likeness (QED) is 0.732. The molecule has 0 unspecified atom stereocenters. The molecule has 1 aliphatic rings. The molecule has 2 heterocycles. The summed E-state index contributed by atoms with van der Waals surface area (Å²) >= 11 is 9.18. The number of benzene rings is 1. The van der Waals surface area contributed by atoms with Crippen molar-refractivity contribution in [1.29, 1.82) is 0 Å². The van der Waals surface area contributed by atoms with Gasteiger partial charge in [0.1, 0.15) is 4.99 Å². The van der Waals surface area contributed by atoms with Gasteiger partial charge in [0.15, 0.2) is 0 Å². The lowest BCUT2D eigenvalue weighted by molar-refractivity contribution is 0.868. The van der Waals surface area contributed by atoms with E-state index in [1.807, 2.05) is 17.8 Å². The van der Waals surface area contributed by atoms with Gasteiger partial charge in [0.05, 0.1) is 9.90 Å². The molecule has 0 bridgehead atoms. The number of anilines is 1. The van der Waals surface area contributed by atoms with Crippen molar-refractivity contribution in [2.24, 2.45) is 0 Å². The third-order valence-corrected chi connectivity index (χ3v) is 5.57. The Hall–Kier alpha value is -0.840. The van der Waals surface area contributed by atoms with E-state index in [0.29, 0.717) is 5.92 Å². The van der Waals surface area contributed by atoms with Gasteiger partial charge in [0, 0.05) is 10.5 Å². The van der Waals surface area contributed by atoms with Crippen molar-refractivity contribution in [3.05, 3.63) is 40.8 Å². The lowest BCUT2D eigenvalue weighted by atomic mass is 10.0. The van der Waals surface area contributed by atoms with Crippen LogP contribution in [0.1, 0.15) is 30.9 Å². The van der Waals surface area contributed by atoms with Crippen LogP contribution in [-0.2, 0) is 0 Å². The Morgan fingerprint density at radius 2 is 2.00 bits per heavy atom. The van der Waals surface area contributed by atoms with Gasteiger partial charge in [-0.3, -0.25) is 0 Å². The van der Waals surface area contributed by atoms with Crippen molar-refractivity contribution in [1.82, 2.24) is 0 Å². The van der Waals surface area contributed by atoms with Crippen molar-refractivity contribution in [3.8, 4) is 0 Å². The van der Waals surface area contributed by atoms with E-state index in [-0.39, 0.29) is 0 Å². The maximum atomic E-state index is 5.57. The number of thiocarbonyl (C=S) groups is 1. The normalized spacial score (nSPS) is 13.8. The molecule has 1 N–H and O–H groups in total. The van der Waals surface area contributed by atoms with Gasteiger partial charge < -0.3 is 5.32 Å². The summed E-state index contributed by atoms with van der Waals surface area (Å²) in [6, 6.07) is 8.33. The molecule has 0 spiro atoms. The smallest absolute Gasteiger partial charge is 0.113 e. The summed E-state index contributed by atoms with van der Waals surface area (Å²) in [7, 11) is 0. The number of hydrogen-bond acceptors (Lipinski definition) is 3. The molecular weight excluding hydrogens is 278 g/mol. The summed E-state index contributed by atoms with van der Waals surface area (Å²) in [4.78, 5) is 2.10. The van der Waals surface area contributed by atoms with Crippen LogP contribution in [0.2, 0.25) is 0 Å². The lowest BCUT2D eigenvalue weighted by Crippen LogP contribution is -2.11. The second-order valence-corrected chi connectivity index (χ2v) is 7.16. The van der Waals surface area contributed by atoms with E-state index < -0.39 is 0 Å². The Labute approximate surface area is 121 Å². The molecule has 18 heavy (non-hydrogen) atoms. The van der Waals surface area contributed by atoms with Gasteiger partial charge in [0.25, 0.3) is 0 Å². The first-order valence-corrected chi connectivity index (χ1v) is 7.97. The Kier molecular flexibility index (Phi) is 3.18. The molecule has 0 atom stereocenters. The van der Waals surface area contributed by atoms with Crippen LogP contribution in [0, 0.1) is 0 Å². The summed E-state index contributed by atoms with van der Waals surface area (Å²) < 4.78 is 1.31. The highest BCUT2D eigenvalue weighted by Crippen LogP contribution is 2.44. The molecule has 2 aromatic rings. The molecule has 0 radical (unpaired) electrons. The highest BCUT2D eigenvalue weighted by atomic mass is 32.2. The van der Waals surface area contributed by atoms with E-state index in [1.54, 1.807) is 11.3 Å². The SMILES string of the molecule is CC(C)c1csc2c1C(=S)Nc1ccccc1S2. The van der Waals surface area contributed by atoms with Gasteiger partial charge in [0.2, 0.25) is 0 Å². The van der Waals surface area contributed by atoms with Crippen LogP contribution in [0.3, 0.4) is 0 Å². The summed E-state index contributed by atoms with van der Waals surface area (Å²) in [6.07, 6.45) is 0. The van der Waals surface area contributed by atoms with E-state index in [0.717, 1.165) is 10.7 Å². The van der Waals surface area contributed by atoms with Crippen molar-refractivity contribution in [2.75, 3.05) is 5.32 Å². The first-order chi connectivity index (χ1) is 8.66. The van der Waals surface area contributed by atoms with Crippen molar-refractivity contribution >= 4 is 46.0 Å². The summed E-state index contributed by atoms with van der Waals surface area (Å²) in [6.45, 7) is 4.43. The second kappa shape index (κ2) is 4.68. The van der Waals surface area contributed by atoms with E-state index in [9.17, 15) is 0 Å². The predicted octanol–water partition coefficient (Wildman–Crippen LogP) is 5.12. The summed E-state index contributed by atoms with van der Waals surface area (Å²) in [5.74, 6) is 0.506. The number of fused-ring (bicyclic) bond motifs is 2. The van der Waals surface area contributed by atoms with Gasteiger partial charge in [-0.1, -0.05) is 50.0 Å². The van der Waals surface area contributed by atoms with E-state index in [4.69, 9.17) is 12.2 Å². The minimum Gasteiger partial charge on any atom is -0.345 e. The van der Waals surface area contributed by atoms with Gasteiger partial charge in [-0.25, -0.2) is 0 Å². The first kappa shape index (κ1) is 12.2. The van der Waals surface area contributed by atoms with Crippen LogP contribution in [0.25, 0.3) is 0 Å². The fourth-order valence-corrected chi connectivity index (χ4v) is 4.94. The summed E-state index contributed by atoms with van der Waals surface area (Å²) in [5, 5.41) is 5.62. The lowest BCUT2D eigenvalue weighted by Gasteiger charge is -2.10. The monoisotopic (exact) mass is 291 g/mol. The van der Waals surface area contributed by atoms with Crippen molar-refractivity contribution in [3.63, 3.8) is 0 Å². The molecule has 3 rings (SSSR count). The highest BCUT2D eigenvalue weighted by Gasteiger charge is 2.23. The Bertz CT molecular complexity index is 613. The minimum absolute atomic E-state index is 0.506. The van der Waals surface area contributed by atoms with E-state index in [1.165, 1.54) is 20.2 Å². The highest BCUT2D eigenvalue weighted by molar-refractivity contribution is 8.01. The number of nitrogens with one attached hydrogen (secondary N) is 1. The first-order valence-electron chi connectivity index (χ1n) is 5.86. The fourth-order valence-electron chi connectivity index (χ4n) is 2.02. The molecule has 0 amide bonds. The van der Waals surface area contributed by atoms with Crippen LogP contribution in [0.5, 0.6) is 0 Å². The second-order valence-electron chi connectivity index (χ2n) is 4.56. The Morgan fingerprint density at radius 1 is 1.22 bits per heavy atom. The van der Waals surface area contributed by atoms with E-state index >= 15 is 0 Å². The van der Waals surface area contributed by atoms with Gasteiger partial charge in [-0.2, -0.15) is 0 Å². The van der Waals surface area contributed by atoms with Crippen molar-refractivity contribution in [2.45, 2.75) is 28.9 Å². The molecule has 1 aliphatic heterocycles. The molecule has 1 nitrogen and oxygen atoms in total. The molecule has 92 valence electrons. The topological polar surface area (TPSA) is 12.0 Å². The zero-order valence-electron chi connectivity index (χ0n) is 10.2. The van der Waals surface area contributed by atoms with Crippen LogP contribution in [-0.4, -0.2) is 4.99 Å². The zero-order valence-corrected chi connectivity index (χ0v) is 12.6. The maximum Gasteiger partial charge on any atom is 0.113 e. The fraction of sp³-hybridized carbons (Fsp3) is 0.214. The molecule has 1 aromatic heterocycles. The van der Waals surface area contributed by atoms with E-state index in [2.05, 4.69) is 42.7 Å². The number of para-hydroxylation sites is 1. The predicted molar refractivity (Wildman–Crippen MR) is 84.3 cm³/mol. The molecule has 0 aliphatic carbocycles. The average molecular weight is 291 g/mol. The standard InChI is InChI=1S/C14H13NS3/c1-8(2)9-7-17-14-12(9)13(16)15-10-5-3-4-6-11(10)18-14/h3-8H,1-2H3,(H,15,16). The van der Waals surface area contributed by atoms with Gasteiger partial charge in [-0.15, -0.1) is 11.3 Å². The third-order valence-electron chi connectivity index (χ3n) is 2.97. The van der Waals surface area contributed by atoms with Crippen LogP contribution in [0.4, 0.5) is 5.69 Å². The summed E-state index contributed by atoms with van der Waals surface area (Å²) in [5.41, 5.74) is 3.70. The molecule has 0 fully saturated rings. The number of thiophene rings is 1. The number of rotatable bonds is 1. The molecule has 4 heteroatoms. The third kappa shape index (κ3) is 1.98. The average Bonchev–Trinajstić information content (AvgIpc) is 2.70. The molecular formula is C14H13NS3. The Balaban J connectivity index is 2.14. The largest absolute Gasteiger partial charge is 0.345 e. The van der Waals surface area contributed by atoms with Gasteiger partial charge >= 0.3 is 0 Å². The minimum atomic E-state index is 0.506. The molecule has 0 saturated carbocycles. The Morgan fingerprint density at radius 3 is 2.78 bits per heavy atom. The number of hydrogen-bond donors (Lipinski definition) is 1. The van der Waals surface area contributed by atoms with Crippen LogP contribution in [0.15, 0.2) is 38.8 Å². The zero-order chi connectivity index (χ0) is 12.7. The molecule has 1 aromatic carbocycles. The van der Waals surface area contributed by atoms with Crippen LogP contribution >= 0.6 is 35.3 Å². The van der Waals surface area contributed by atoms with Crippen molar-refractivity contribution < 1.29 is 0 Å².